The fraction of sp³-hybridized carbons (Fsp3) is 0.545. The van der Waals surface area contributed by atoms with Crippen LogP contribution in [0.25, 0.3) is 22.3 Å². The quantitative estimate of drug-likeness (QED) is 0.0980. The summed E-state index contributed by atoms with van der Waals surface area (Å²) < 4.78 is 38.9. The Labute approximate surface area is 303 Å². The second kappa shape index (κ2) is 15.7. The monoisotopic (exact) mass is 772 g/mol. The molecule has 4 heterocycles. The number of aliphatic hydroxyl groups excluding tert-OH is 10. The van der Waals surface area contributed by atoms with Gasteiger partial charge in [0.2, 0.25) is 18.3 Å². The Morgan fingerprint density at radius 1 is 0.630 bits per heavy atom. The number of fused-ring (bicyclic) bond motifs is 1. The minimum absolute atomic E-state index is 0.00696. The summed E-state index contributed by atoms with van der Waals surface area (Å²) in [7, 11) is 0. The van der Waals surface area contributed by atoms with Gasteiger partial charge in [-0.1, -0.05) is 0 Å². The normalized spacial score (nSPS) is 37.3. The lowest BCUT2D eigenvalue weighted by molar-refractivity contribution is -0.318. The first-order valence-corrected chi connectivity index (χ1v) is 16.5. The number of phenolic OH excluding ortho intramolecular Hbond substituents is 3. The number of ether oxygens (including phenoxy) is 6. The van der Waals surface area contributed by atoms with Gasteiger partial charge in [-0.3, -0.25) is 4.79 Å². The van der Waals surface area contributed by atoms with E-state index >= 15 is 0 Å². The minimum Gasteiger partial charge on any atom is -0.507 e. The maximum Gasteiger partial charge on any atom is 0.229 e. The van der Waals surface area contributed by atoms with Crippen molar-refractivity contribution in [1.82, 2.24) is 0 Å². The van der Waals surface area contributed by atoms with E-state index in [1.165, 1.54) is 13.0 Å². The zero-order valence-corrected chi connectivity index (χ0v) is 28.0. The molecule has 21 nitrogen and oxygen atoms in total. The number of phenols is 3. The maximum atomic E-state index is 13.3. The van der Waals surface area contributed by atoms with Crippen LogP contribution in [-0.4, -0.2) is 172 Å². The fourth-order valence-electron chi connectivity index (χ4n) is 6.20. The Hall–Kier alpha value is -3.91. The molecule has 1 aromatic heterocycles. The number of benzene rings is 2. The van der Waals surface area contributed by atoms with Crippen LogP contribution in [0.2, 0.25) is 0 Å². The van der Waals surface area contributed by atoms with E-state index in [1.807, 2.05) is 0 Å². The lowest BCUT2D eigenvalue weighted by atomic mass is 9.98. The summed E-state index contributed by atoms with van der Waals surface area (Å²) in [6, 6.07) is 5.11. The zero-order valence-electron chi connectivity index (χ0n) is 28.0. The van der Waals surface area contributed by atoms with Gasteiger partial charge in [-0.2, -0.15) is 0 Å². The van der Waals surface area contributed by atoms with Gasteiger partial charge in [-0.05, 0) is 25.1 Å². The van der Waals surface area contributed by atoms with Crippen LogP contribution in [0.3, 0.4) is 0 Å². The second-order valence-corrected chi connectivity index (χ2v) is 13.1. The smallest absolute Gasteiger partial charge is 0.229 e. The fourth-order valence-corrected chi connectivity index (χ4v) is 6.20. The van der Waals surface area contributed by atoms with Crippen molar-refractivity contribution in [2.24, 2.45) is 0 Å². The van der Waals surface area contributed by atoms with Crippen molar-refractivity contribution in [2.75, 3.05) is 13.2 Å². The van der Waals surface area contributed by atoms with Crippen molar-refractivity contribution < 1.29 is 99.2 Å². The minimum atomic E-state index is -1.93. The predicted octanol–water partition coefficient (Wildman–Crippen LogP) is -4.21. The van der Waals surface area contributed by atoms with Crippen LogP contribution in [0.5, 0.6) is 28.7 Å². The number of aromatic hydroxyl groups is 3. The molecular weight excluding hydrogens is 732 g/mol. The van der Waals surface area contributed by atoms with Crippen molar-refractivity contribution >= 4 is 11.0 Å². The summed E-state index contributed by atoms with van der Waals surface area (Å²) in [4.78, 5) is 13.3. The number of rotatable bonds is 9. The summed E-state index contributed by atoms with van der Waals surface area (Å²) in [5.74, 6) is -3.48. The van der Waals surface area contributed by atoms with E-state index in [0.29, 0.717) is 0 Å². The molecule has 0 unspecified atom stereocenters. The molecule has 21 heteroatoms. The van der Waals surface area contributed by atoms with E-state index in [-0.39, 0.29) is 11.3 Å². The molecule has 54 heavy (non-hydrogen) atoms. The molecule has 0 radical (unpaired) electrons. The molecule has 0 bridgehead atoms. The molecule has 13 N–H and O–H groups in total. The molecule has 3 fully saturated rings. The van der Waals surface area contributed by atoms with Crippen LogP contribution in [0.4, 0.5) is 0 Å². The van der Waals surface area contributed by atoms with Crippen molar-refractivity contribution in [1.29, 1.82) is 0 Å². The Balaban J connectivity index is 1.26. The summed E-state index contributed by atoms with van der Waals surface area (Å²) in [6.07, 6.45) is -24.8. The highest BCUT2D eigenvalue weighted by Gasteiger charge is 2.48. The molecule has 298 valence electrons. The molecule has 3 aromatic rings. The van der Waals surface area contributed by atoms with E-state index in [9.17, 15) is 71.2 Å². The highest BCUT2D eigenvalue weighted by molar-refractivity contribution is 5.91. The van der Waals surface area contributed by atoms with Gasteiger partial charge in [0.1, 0.15) is 84.0 Å². The average Bonchev–Trinajstić information content (AvgIpc) is 3.14. The first-order valence-electron chi connectivity index (χ1n) is 16.5. The molecule has 2 aromatic carbocycles. The molecule has 0 aliphatic carbocycles. The Bertz CT molecular complexity index is 1850. The Morgan fingerprint density at radius 3 is 1.89 bits per heavy atom. The van der Waals surface area contributed by atoms with Gasteiger partial charge < -0.3 is 99.2 Å². The van der Waals surface area contributed by atoms with Gasteiger partial charge in [-0.15, -0.1) is 0 Å². The van der Waals surface area contributed by atoms with Gasteiger partial charge >= 0.3 is 0 Å². The zero-order chi connectivity index (χ0) is 39.3. The van der Waals surface area contributed by atoms with Crippen molar-refractivity contribution in [3.05, 3.63) is 40.6 Å². The van der Waals surface area contributed by atoms with Crippen LogP contribution < -0.4 is 14.9 Å². The topological polar surface area (TPSA) is 349 Å². The molecule has 15 atom stereocenters. The van der Waals surface area contributed by atoms with Crippen molar-refractivity contribution in [2.45, 2.75) is 99.0 Å². The number of hydrogen-bond donors (Lipinski definition) is 13. The molecular formula is C33H40O21. The van der Waals surface area contributed by atoms with Crippen LogP contribution in [0, 0.1) is 0 Å². The van der Waals surface area contributed by atoms with Gasteiger partial charge in [0.25, 0.3) is 0 Å². The molecule has 3 saturated heterocycles. The molecule has 0 saturated carbocycles. The van der Waals surface area contributed by atoms with Crippen LogP contribution in [-0.2, 0) is 18.9 Å². The SMILES string of the molecule is C[C@@H]1O[C@@H](OC[C@H]2O[C@@H](Oc3cc(-c4cc(=O)c5c(O)cc(O)c(O[C@@H]6O[C@H](CO)[C@@H](O)[C@H](O)[C@H]6O)c5o4)ccc3O)[C@H](O)[C@H](O)[C@@H]2O)[C@@H](O)[C@@H](O)[C@H]1O. The number of hydrogen-bond acceptors (Lipinski definition) is 21. The van der Waals surface area contributed by atoms with E-state index in [1.54, 1.807) is 0 Å². The Kier molecular flexibility index (Phi) is 11.5. The largest absolute Gasteiger partial charge is 0.507 e. The molecule has 0 spiro atoms. The van der Waals surface area contributed by atoms with E-state index in [0.717, 1.165) is 24.3 Å². The third kappa shape index (κ3) is 7.39. The van der Waals surface area contributed by atoms with Crippen LogP contribution in [0.15, 0.2) is 39.5 Å². The summed E-state index contributed by atoms with van der Waals surface area (Å²) >= 11 is 0. The second-order valence-electron chi connectivity index (χ2n) is 13.1. The highest BCUT2D eigenvalue weighted by atomic mass is 16.7. The summed E-state index contributed by atoms with van der Waals surface area (Å²) in [5, 5.41) is 134. The number of aliphatic hydroxyl groups is 10. The van der Waals surface area contributed by atoms with Crippen molar-refractivity contribution in [3.63, 3.8) is 0 Å². The first-order chi connectivity index (χ1) is 25.5. The molecule has 3 aliphatic rings. The van der Waals surface area contributed by atoms with Gasteiger partial charge in [0.15, 0.2) is 34.6 Å². The van der Waals surface area contributed by atoms with E-state index < -0.39 is 150 Å². The third-order valence-electron chi connectivity index (χ3n) is 9.39. The molecule has 3 aliphatic heterocycles. The third-order valence-corrected chi connectivity index (χ3v) is 9.39. The molecule has 6 rings (SSSR count). The maximum absolute atomic E-state index is 13.3. The van der Waals surface area contributed by atoms with E-state index in [4.69, 9.17) is 32.8 Å². The van der Waals surface area contributed by atoms with E-state index in [2.05, 4.69) is 0 Å². The summed E-state index contributed by atoms with van der Waals surface area (Å²) in [5.41, 5.74) is -1.48. The average molecular weight is 773 g/mol. The molecule has 0 amide bonds. The predicted molar refractivity (Wildman–Crippen MR) is 173 cm³/mol. The first kappa shape index (κ1) is 39.8. The Morgan fingerprint density at radius 2 is 1.22 bits per heavy atom. The summed E-state index contributed by atoms with van der Waals surface area (Å²) in [6.45, 7) is 0.0220. The lowest BCUT2D eigenvalue weighted by Gasteiger charge is -2.42. The van der Waals surface area contributed by atoms with Gasteiger partial charge in [0, 0.05) is 17.7 Å². The lowest BCUT2D eigenvalue weighted by Crippen LogP contribution is -2.61. The van der Waals surface area contributed by atoms with Crippen LogP contribution in [0.1, 0.15) is 6.92 Å². The van der Waals surface area contributed by atoms with Gasteiger partial charge in [-0.25, -0.2) is 0 Å². The highest BCUT2D eigenvalue weighted by Crippen LogP contribution is 2.43. The standard InChI is InChI=1S/C33H40O21/c1-9-20(39)23(42)26(45)31(49-9)48-8-18-22(41)25(44)27(46)32(53-18)51-16-4-10(2-3-11(16)35)15-6-13(37)19-12(36)5-14(38)29(30(19)50-15)54-33-28(47)24(43)21(40)17(7-34)52-33/h2-6,9,17-18,20-28,31-36,38-47H,7-8H2,1H3/t9-,17+,18+,20-,21+,22+,23-,24-,25+,26-,27+,28+,31+,32+,33-/m0/s1. The van der Waals surface area contributed by atoms with Crippen molar-refractivity contribution in [3.8, 4) is 40.1 Å². The van der Waals surface area contributed by atoms with Crippen LogP contribution >= 0.6 is 0 Å². The van der Waals surface area contributed by atoms with Gasteiger partial charge in [0.05, 0.1) is 19.3 Å².